The van der Waals surface area contributed by atoms with Crippen LogP contribution in [-0.4, -0.2) is 35.1 Å². The number of carboxylic acids is 1. The number of fused-ring (bicyclic) bond motifs is 1. The zero-order chi connectivity index (χ0) is 26.9. The summed E-state index contributed by atoms with van der Waals surface area (Å²) < 4.78 is 49.6. The average molecular weight is 524 g/mol. The van der Waals surface area contributed by atoms with Crippen molar-refractivity contribution in [3.05, 3.63) is 77.9 Å². The summed E-state index contributed by atoms with van der Waals surface area (Å²) in [6, 6.07) is 17.4. The molecule has 1 fully saturated rings. The van der Waals surface area contributed by atoms with E-state index in [9.17, 15) is 27.9 Å². The minimum absolute atomic E-state index is 0.0681. The van der Waals surface area contributed by atoms with E-state index in [1.165, 1.54) is 6.07 Å². The van der Waals surface area contributed by atoms with E-state index in [1.807, 2.05) is 12.1 Å². The van der Waals surface area contributed by atoms with Crippen molar-refractivity contribution in [1.29, 1.82) is 0 Å². The van der Waals surface area contributed by atoms with Crippen LogP contribution < -0.4 is 5.32 Å². The summed E-state index contributed by atoms with van der Waals surface area (Å²) in [5, 5.41) is 12.7. The van der Waals surface area contributed by atoms with E-state index in [2.05, 4.69) is 10.3 Å². The number of anilines is 2. The number of rotatable bonds is 7. The van der Waals surface area contributed by atoms with E-state index in [4.69, 9.17) is 9.15 Å². The number of alkyl halides is 3. The van der Waals surface area contributed by atoms with Gasteiger partial charge < -0.3 is 19.6 Å². The van der Waals surface area contributed by atoms with Crippen molar-refractivity contribution in [2.75, 3.05) is 18.5 Å². The zero-order valence-corrected chi connectivity index (χ0v) is 20.0. The molecule has 0 radical (unpaired) electrons. The van der Waals surface area contributed by atoms with Crippen LogP contribution in [0, 0.1) is 5.41 Å². The molecular formula is C28H23F3N2O5. The van der Waals surface area contributed by atoms with Gasteiger partial charge in [0.05, 0.1) is 11.0 Å². The first kappa shape index (κ1) is 25.5. The Hall–Kier alpha value is -4.18. The summed E-state index contributed by atoms with van der Waals surface area (Å²) >= 11 is 0. The first-order valence-electron chi connectivity index (χ1n) is 11.9. The van der Waals surface area contributed by atoms with Crippen LogP contribution >= 0.6 is 0 Å². The summed E-state index contributed by atoms with van der Waals surface area (Å²) in [5.41, 5.74) is 1.24. The maximum atomic E-state index is 12.9. The van der Waals surface area contributed by atoms with Gasteiger partial charge in [0.15, 0.2) is 11.4 Å². The highest BCUT2D eigenvalue weighted by atomic mass is 19.4. The molecule has 7 nitrogen and oxygen atoms in total. The van der Waals surface area contributed by atoms with E-state index < -0.39 is 23.1 Å². The SMILES string of the molecule is O=C(CC1(C(=O)O)CCOCC1)c1ccc(-c2ccc(Nc3nc4cc(C(F)(F)F)ccc4o3)cc2)cc1. The summed E-state index contributed by atoms with van der Waals surface area (Å²) in [6.07, 6.45) is -3.92. The molecule has 0 bridgehead atoms. The summed E-state index contributed by atoms with van der Waals surface area (Å²) in [4.78, 5) is 28.8. The van der Waals surface area contributed by atoms with Crippen molar-refractivity contribution >= 4 is 34.6 Å². The van der Waals surface area contributed by atoms with Gasteiger partial charge in [0.1, 0.15) is 5.52 Å². The Morgan fingerprint density at radius 3 is 2.18 bits per heavy atom. The number of nitrogens with zero attached hydrogens (tertiary/aromatic N) is 1. The van der Waals surface area contributed by atoms with Gasteiger partial charge in [-0.3, -0.25) is 9.59 Å². The number of hydrogen-bond acceptors (Lipinski definition) is 6. The standard InChI is InChI=1S/C28H23F3N2O5/c29-28(30,31)20-7-10-24-22(15-20)33-26(38-24)32-21-8-5-18(6-9-21)17-1-3-19(4-2-17)23(34)16-27(25(35)36)11-13-37-14-12-27/h1-10,15H,11-14,16H2,(H,32,33)(H,35,36). The Morgan fingerprint density at radius 2 is 1.58 bits per heavy atom. The van der Waals surface area contributed by atoms with Gasteiger partial charge in [-0.05, 0) is 54.3 Å². The molecule has 0 saturated carbocycles. The lowest BCUT2D eigenvalue weighted by Gasteiger charge is -2.32. The van der Waals surface area contributed by atoms with Gasteiger partial charge in [0.2, 0.25) is 0 Å². The molecule has 1 aliphatic rings. The molecule has 1 aromatic heterocycles. The van der Waals surface area contributed by atoms with Crippen molar-refractivity contribution in [2.24, 2.45) is 5.41 Å². The largest absolute Gasteiger partial charge is 0.481 e. The molecule has 2 N–H and O–H groups in total. The Kier molecular flexibility index (Phi) is 6.66. The number of oxazole rings is 1. The van der Waals surface area contributed by atoms with Gasteiger partial charge >= 0.3 is 12.1 Å². The number of carbonyl (C=O) groups is 2. The van der Waals surface area contributed by atoms with Gasteiger partial charge in [0, 0.05) is 30.9 Å². The van der Waals surface area contributed by atoms with Crippen molar-refractivity contribution in [3.63, 3.8) is 0 Å². The molecule has 0 atom stereocenters. The number of Topliss-reactive ketones (excluding diaryl/α,β-unsaturated/α-hetero) is 1. The number of carboxylic acid groups (broad SMARTS) is 1. The van der Waals surface area contributed by atoms with Gasteiger partial charge in [-0.15, -0.1) is 0 Å². The summed E-state index contributed by atoms with van der Waals surface area (Å²) in [6.45, 7) is 0.656. The van der Waals surface area contributed by atoms with Crippen molar-refractivity contribution in [3.8, 4) is 11.1 Å². The maximum Gasteiger partial charge on any atom is 0.416 e. The zero-order valence-electron chi connectivity index (χ0n) is 20.0. The highest BCUT2D eigenvalue weighted by Gasteiger charge is 2.42. The predicted molar refractivity (Wildman–Crippen MR) is 133 cm³/mol. The number of nitrogens with one attached hydrogen (secondary N) is 1. The van der Waals surface area contributed by atoms with Crippen LogP contribution in [-0.2, 0) is 15.7 Å². The Labute approximate surface area is 215 Å². The minimum Gasteiger partial charge on any atom is -0.481 e. The molecule has 2 heterocycles. The number of hydrogen-bond donors (Lipinski definition) is 2. The molecule has 0 amide bonds. The third-order valence-electron chi connectivity index (χ3n) is 6.79. The van der Waals surface area contributed by atoms with Gasteiger partial charge in [-0.25, -0.2) is 0 Å². The van der Waals surface area contributed by atoms with Crippen LogP contribution in [0.5, 0.6) is 0 Å². The van der Waals surface area contributed by atoms with Crippen LogP contribution in [0.4, 0.5) is 24.9 Å². The maximum absolute atomic E-state index is 12.9. The molecule has 3 aromatic carbocycles. The molecule has 4 aromatic rings. The monoisotopic (exact) mass is 524 g/mol. The van der Waals surface area contributed by atoms with Gasteiger partial charge in [-0.1, -0.05) is 36.4 Å². The van der Waals surface area contributed by atoms with E-state index in [0.717, 1.165) is 23.3 Å². The highest BCUT2D eigenvalue weighted by Crippen LogP contribution is 2.36. The lowest BCUT2D eigenvalue weighted by Crippen LogP contribution is -2.39. The van der Waals surface area contributed by atoms with Crippen LogP contribution in [0.15, 0.2) is 71.1 Å². The second kappa shape index (κ2) is 9.94. The van der Waals surface area contributed by atoms with Gasteiger partial charge in [0.25, 0.3) is 6.01 Å². The number of benzene rings is 3. The number of ketones is 1. The topological polar surface area (TPSA) is 102 Å². The number of ether oxygens (including phenoxy) is 1. The van der Waals surface area contributed by atoms with E-state index >= 15 is 0 Å². The van der Waals surface area contributed by atoms with Crippen LogP contribution in [0.3, 0.4) is 0 Å². The average Bonchev–Trinajstić information content (AvgIpc) is 3.31. The molecule has 0 unspecified atom stereocenters. The van der Waals surface area contributed by atoms with Gasteiger partial charge in [-0.2, -0.15) is 18.2 Å². The van der Waals surface area contributed by atoms with E-state index in [0.29, 0.717) is 37.3 Å². The molecule has 5 rings (SSSR count). The molecule has 1 saturated heterocycles. The fourth-order valence-corrected chi connectivity index (χ4v) is 4.51. The predicted octanol–water partition coefficient (Wildman–Crippen LogP) is 6.71. The molecule has 0 aliphatic carbocycles. The Bertz CT molecular complexity index is 1470. The summed E-state index contributed by atoms with van der Waals surface area (Å²) in [5.74, 6) is -1.19. The van der Waals surface area contributed by atoms with Crippen molar-refractivity contribution < 1.29 is 37.0 Å². The molecule has 0 spiro atoms. The number of aromatic nitrogens is 1. The van der Waals surface area contributed by atoms with Crippen molar-refractivity contribution in [2.45, 2.75) is 25.4 Å². The first-order valence-corrected chi connectivity index (χ1v) is 11.9. The number of carbonyl (C=O) groups excluding carboxylic acids is 1. The molecule has 1 aliphatic heterocycles. The molecule has 10 heteroatoms. The van der Waals surface area contributed by atoms with Crippen LogP contribution in [0.25, 0.3) is 22.2 Å². The first-order chi connectivity index (χ1) is 18.1. The van der Waals surface area contributed by atoms with E-state index in [1.54, 1.807) is 36.4 Å². The smallest absolute Gasteiger partial charge is 0.416 e. The third kappa shape index (κ3) is 5.26. The third-order valence-corrected chi connectivity index (χ3v) is 6.79. The molecule has 38 heavy (non-hydrogen) atoms. The second-order valence-corrected chi connectivity index (χ2v) is 9.28. The summed E-state index contributed by atoms with van der Waals surface area (Å²) in [7, 11) is 0. The number of aliphatic carboxylic acids is 1. The highest BCUT2D eigenvalue weighted by molar-refractivity contribution is 5.99. The van der Waals surface area contributed by atoms with Crippen LogP contribution in [0.1, 0.15) is 35.2 Å². The lowest BCUT2D eigenvalue weighted by atomic mass is 9.75. The molecule has 196 valence electrons. The fourth-order valence-electron chi connectivity index (χ4n) is 4.51. The Balaban J connectivity index is 1.26. The van der Waals surface area contributed by atoms with Crippen molar-refractivity contribution in [1.82, 2.24) is 4.98 Å². The second-order valence-electron chi connectivity index (χ2n) is 9.28. The lowest BCUT2D eigenvalue weighted by molar-refractivity contribution is -0.154. The minimum atomic E-state index is -4.46. The normalized spacial score (nSPS) is 15.3. The quantitative estimate of drug-likeness (QED) is 0.259. The molecular weight excluding hydrogens is 501 g/mol. The number of halogens is 3. The van der Waals surface area contributed by atoms with Crippen LogP contribution in [0.2, 0.25) is 0 Å². The fraction of sp³-hybridized carbons (Fsp3) is 0.250. The Morgan fingerprint density at radius 1 is 0.947 bits per heavy atom. The van der Waals surface area contributed by atoms with E-state index in [-0.39, 0.29) is 29.3 Å².